The predicted molar refractivity (Wildman–Crippen MR) is 120 cm³/mol. The number of halogens is 1. The zero-order valence-electron chi connectivity index (χ0n) is 16.2. The quantitative estimate of drug-likeness (QED) is 0.342. The number of hydrogen-bond donors (Lipinski definition) is 2. The van der Waals surface area contributed by atoms with Gasteiger partial charge in [-0.1, -0.05) is 30.3 Å². The Morgan fingerprint density at radius 1 is 0.926 bits per heavy atom. The molecule has 0 amide bonds. The van der Waals surface area contributed by atoms with Crippen molar-refractivity contribution in [3.8, 4) is 17.2 Å². The second-order valence-electron chi connectivity index (χ2n) is 5.60. The number of aliphatic imine (C=N–C) groups is 1. The summed E-state index contributed by atoms with van der Waals surface area (Å²) in [7, 11) is 6.63. The van der Waals surface area contributed by atoms with E-state index < -0.39 is 0 Å². The summed E-state index contributed by atoms with van der Waals surface area (Å²) in [5.41, 5.74) is 2.19. The lowest BCUT2D eigenvalue weighted by molar-refractivity contribution is 0.368. The van der Waals surface area contributed by atoms with Crippen LogP contribution in [0.2, 0.25) is 0 Å². The predicted octanol–water partition coefficient (Wildman–Crippen LogP) is 3.24. The number of methoxy groups -OCH3 is 3. The summed E-state index contributed by atoms with van der Waals surface area (Å²) < 4.78 is 16.2. The van der Waals surface area contributed by atoms with Gasteiger partial charge in [-0.2, -0.15) is 0 Å². The number of rotatable bonds is 8. The Kier molecular flexibility index (Phi) is 10.4. The molecule has 0 atom stereocenters. The first-order chi connectivity index (χ1) is 12.7. The summed E-state index contributed by atoms with van der Waals surface area (Å²) in [6, 6.07) is 14.0. The number of hydrogen-bond acceptors (Lipinski definition) is 4. The molecule has 0 aliphatic heterocycles. The molecule has 0 unspecified atom stereocenters. The van der Waals surface area contributed by atoms with Gasteiger partial charge in [-0.05, 0) is 12.0 Å². The van der Waals surface area contributed by atoms with Crippen LogP contribution in [0.4, 0.5) is 0 Å². The Hall–Kier alpha value is -2.16. The molecule has 0 radical (unpaired) electrons. The highest BCUT2D eigenvalue weighted by atomic mass is 127. The van der Waals surface area contributed by atoms with Crippen molar-refractivity contribution in [2.24, 2.45) is 4.99 Å². The summed E-state index contributed by atoms with van der Waals surface area (Å²) in [6.07, 6.45) is 0.927. The molecule has 2 rings (SSSR count). The maximum absolute atomic E-state index is 5.47. The first-order valence-corrected chi connectivity index (χ1v) is 8.49. The SMILES string of the molecule is CN=C(NCCc1ccccc1)NCc1c(OC)cc(OC)cc1OC.I. The number of benzene rings is 2. The van der Waals surface area contributed by atoms with Crippen LogP contribution in [0.15, 0.2) is 47.5 Å². The minimum Gasteiger partial charge on any atom is -0.496 e. The molecule has 0 saturated carbocycles. The molecule has 2 N–H and O–H groups in total. The minimum absolute atomic E-state index is 0. The van der Waals surface area contributed by atoms with E-state index in [1.54, 1.807) is 28.4 Å². The number of nitrogens with zero attached hydrogens (tertiary/aromatic N) is 1. The standard InChI is InChI=1S/C20H27N3O3.HI/c1-21-20(22-11-10-15-8-6-5-7-9-15)23-14-17-18(25-3)12-16(24-2)13-19(17)26-4;/h5-9,12-13H,10-11,14H2,1-4H3,(H2,21,22,23);1H. The van der Waals surface area contributed by atoms with E-state index >= 15 is 0 Å². The highest BCUT2D eigenvalue weighted by Crippen LogP contribution is 2.33. The number of ether oxygens (including phenoxy) is 3. The zero-order valence-corrected chi connectivity index (χ0v) is 18.6. The second-order valence-corrected chi connectivity index (χ2v) is 5.60. The first-order valence-electron chi connectivity index (χ1n) is 8.49. The van der Waals surface area contributed by atoms with E-state index in [1.807, 2.05) is 30.3 Å². The van der Waals surface area contributed by atoms with Crippen LogP contribution in [0.3, 0.4) is 0 Å². The number of nitrogens with one attached hydrogen (secondary N) is 2. The van der Waals surface area contributed by atoms with Crippen LogP contribution in [0.25, 0.3) is 0 Å². The maximum atomic E-state index is 5.47. The van der Waals surface area contributed by atoms with Gasteiger partial charge in [-0.3, -0.25) is 4.99 Å². The van der Waals surface area contributed by atoms with Gasteiger partial charge in [0.15, 0.2) is 5.96 Å². The Bertz CT molecular complexity index is 699. The maximum Gasteiger partial charge on any atom is 0.191 e. The van der Waals surface area contributed by atoms with E-state index in [0.717, 1.165) is 24.5 Å². The summed E-state index contributed by atoms with van der Waals surface area (Å²) in [4.78, 5) is 4.27. The molecule has 27 heavy (non-hydrogen) atoms. The van der Waals surface area contributed by atoms with Crippen LogP contribution >= 0.6 is 24.0 Å². The lowest BCUT2D eigenvalue weighted by Crippen LogP contribution is -2.38. The molecule has 0 fully saturated rings. The Morgan fingerprint density at radius 2 is 1.56 bits per heavy atom. The fourth-order valence-corrected chi connectivity index (χ4v) is 2.61. The van der Waals surface area contributed by atoms with Gasteiger partial charge in [0.25, 0.3) is 0 Å². The molecule has 0 aliphatic rings. The van der Waals surface area contributed by atoms with Crippen molar-refractivity contribution in [2.45, 2.75) is 13.0 Å². The monoisotopic (exact) mass is 485 g/mol. The lowest BCUT2D eigenvalue weighted by Gasteiger charge is -2.17. The molecule has 0 saturated heterocycles. The molecule has 6 nitrogen and oxygen atoms in total. The molecular weight excluding hydrogens is 457 g/mol. The Morgan fingerprint density at radius 3 is 2.07 bits per heavy atom. The molecule has 7 heteroatoms. The van der Waals surface area contributed by atoms with Gasteiger partial charge in [-0.25, -0.2) is 0 Å². The fraction of sp³-hybridized carbons (Fsp3) is 0.350. The summed E-state index contributed by atoms with van der Waals surface area (Å²) in [6.45, 7) is 1.31. The van der Waals surface area contributed by atoms with Gasteiger partial charge < -0.3 is 24.8 Å². The van der Waals surface area contributed by atoms with Gasteiger partial charge in [-0.15, -0.1) is 24.0 Å². The van der Waals surface area contributed by atoms with Gasteiger partial charge in [0, 0.05) is 25.7 Å². The minimum atomic E-state index is 0. The van der Waals surface area contributed by atoms with Crippen molar-refractivity contribution < 1.29 is 14.2 Å². The van der Waals surface area contributed by atoms with E-state index in [-0.39, 0.29) is 24.0 Å². The summed E-state index contributed by atoms with van der Waals surface area (Å²) in [5, 5.41) is 6.62. The smallest absolute Gasteiger partial charge is 0.191 e. The van der Waals surface area contributed by atoms with Crippen molar-refractivity contribution in [3.05, 3.63) is 53.6 Å². The zero-order chi connectivity index (χ0) is 18.8. The van der Waals surface area contributed by atoms with E-state index in [9.17, 15) is 0 Å². The van der Waals surface area contributed by atoms with Crippen LogP contribution in [0.5, 0.6) is 17.2 Å². The highest BCUT2D eigenvalue weighted by molar-refractivity contribution is 14.0. The van der Waals surface area contributed by atoms with Crippen molar-refractivity contribution in [3.63, 3.8) is 0 Å². The first kappa shape index (κ1) is 22.9. The highest BCUT2D eigenvalue weighted by Gasteiger charge is 2.13. The molecule has 0 heterocycles. The second kappa shape index (κ2) is 12.3. The molecule has 148 valence electrons. The van der Waals surface area contributed by atoms with Gasteiger partial charge in [0.05, 0.1) is 33.4 Å². The molecule has 0 bridgehead atoms. The number of guanidine groups is 1. The third kappa shape index (κ3) is 6.82. The molecule has 0 spiro atoms. The molecule has 0 aromatic heterocycles. The average molecular weight is 485 g/mol. The average Bonchev–Trinajstić information content (AvgIpc) is 2.70. The van der Waals surface area contributed by atoms with Crippen molar-refractivity contribution in [1.29, 1.82) is 0 Å². The van der Waals surface area contributed by atoms with Crippen LogP contribution in [0.1, 0.15) is 11.1 Å². The summed E-state index contributed by atoms with van der Waals surface area (Å²) in [5.74, 6) is 2.82. The fourth-order valence-electron chi connectivity index (χ4n) is 2.61. The van der Waals surface area contributed by atoms with Crippen molar-refractivity contribution in [1.82, 2.24) is 10.6 Å². The van der Waals surface area contributed by atoms with E-state index in [0.29, 0.717) is 23.8 Å². The topological polar surface area (TPSA) is 64.1 Å². The van der Waals surface area contributed by atoms with Gasteiger partial charge >= 0.3 is 0 Å². The van der Waals surface area contributed by atoms with Crippen LogP contribution in [-0.4, -0.2) is 40.9 Å². The Balaban J connectivity index is 0.00000364. The third-order valence-electron chi connectivity index (χ3n) is 4.02. The van der Waals surface area contributed by atoms with E-state index in [1.165, 1.54) is 5.56 Å². The van der Waals surface area contributed by atoms with E-state index in [4.69, 9.17) is 14.2 Å². The van der Waals surface area contributed by atoms with Crippen LogP contribution < -0.4 is 24.8 Å². The lowest BCUT2D eigenvalue weighted by atomic mass is 10.1. The van der Waals surface area contributed by atoms with Crippen LogP contribution in [0, 0.1) is 0 Å². The largest absolute Gasteiger partial charge is 0.496 e. The van der Waals surface area contributed by atoms with Crippen molar-refractivity contribution in [2.75, 3.05) is 34.9 Å². The van der Waals surface area contributed by atoms with Crippen LogP contribution in [-0.2, 0) is 13.0 Å². The Labute approximate surface area is 178 Å². The van der Waals surface area contributed by atoms with E-state index in [2.05, 4.69) is 27.8 Å². The normalized spacial score (nSPS) is 10.6. The molecular formula is C20H28IN3O3. The van der Waals surface area contributed by atoms with Gasteiger partial charge in [0.1, 0.15) is 17.2 Å². The third-order valence-corrected chi connectivity index (χ3v) is 4.02. The van der Waals surface area contributed by atoms with Crippen molar-refractivity contribution >= 4 is 29.9 Å². The molecule has 2 aromatic rings. The van der Waals surface area contributed by atoms with Gasteiger partial charge in [0.2, 0.25) is 0 Å². The molecule has 0 aliphatic carbocycles. The summed E-state index contributed by atoms with van der Waals surface area (Å²) >= 11 is 0. The molecule has 2 aromatic carbocycles.